The molecule has 3 aromatic carbocycles. The summed E-state index contributed by atoms with van der Waals surface area (Å²) in [4.78, 5) is 19.6. The third kappa shape index (κ3) is 2.62. The molecule has 4 nitrogen and oxygen atoms in total. The lowest BCUT2D eigenvalue weighted by Crippen LogP contribution is -2.43. The van der Waals surface area contributed by atoms with E-state index in [-0.39, 0.29) is 12.1 Å². The molecule has 0 saturated heterocycles. The minimum Gasteiger partial charge on any atom is -0.360 e. The van der Waals surface area contributed by atoms with Gasteiger partial charge in [0, 0.05) is 23.0 Å². The quantitative estimate of drug-likeness (QED) is 0.552. The normalized spacial score (nSPS) is 16.1. The van der Waals surface area contributed by atoms with Gasteiger partial charge in [-0.2, -0.15) is 0 Å². The summed E-state index contributed by atoms with van der Waals surface area (Å²) in [7, 11) is 0. The van der Waals surface area contributed by atoms with Crippen molar-refractivity contribution in [3.05, 3.63) is 102 Å². The number of amides is 1. The Labute approximate surface area is 157 Å². The summed E-state index contributed by atoms with van der Waals surface area (Å²) < 4.78 is 0. The van der Waals surface area contributed by atoms with Gasteiger partial charge in [-0.05, 0) is 48.0 Å². The molecule has 27 heavy (non-hydrogen) atoms. The SMILES string of the molecule is O=C1c2ccccc2NC(c2ccc3ncccc3c2)N1c1ccccc1. The molecule has 130 valence electrons. The molecular formula is C23H17N3O. The fourth-order valence-electron chi connectivity index (χ4n) is 3.61. The van der Waals surface area contributed by atoms with Crippen LogP contribution in [0.25, 0.3) is 10.9 Å². The molecule has 5 rings (SSSR count). The minimum atomic E-state index is -0.292. The smallest absolute Gasteiger partial charge is 0.262 e. The first-order valence-electron chi connectivity index (χ1n) is 8.90. The van der Waals surface area contributed by atoms with E-state index in [1.165, 1.54) is 0 Å². The maximum atomic E-state index is 13.3. The maximum Gasteiger partial charge on any atom is 0.262 e. The molecule has 1 N–H and O–H groups in total. The monoisotopic (exact) mass is 351 g/mol. The second-order valence-electron chi connectivity index (χ2n) is 6.56. The summed E-state index contributed by atoms with van der Waals surface area (Å²) >= 11 is 0. The number of nitrogens with zero attached hydrogens (tertiary/aromatic N) is 2. The number of carbonyl (C=O) groups is 1. The molecule has 1 atom stereocenters. The van der Waals surface area contributed by atoms with Crippen molar-refractivity contribution in [2.75, 3.05) is 10.2 Å². The summed E-state index contributed by atoms with van der Waals surface area (Å²) in [5.41, 5.74) is 4.35. The van der Waals surface area contributed by atoms with Crippen LogP contribution < -0.4 is 10.2 Å². The van der Waals surface area contributed by atoms with Crippen molar-refractivity contribution in [2.45, 2.75) is 6.17 Å². The third-order valence-corrected chi connectivity index (χ3v) is 4.90. The first-order chi connectivity index (χ1) is 13.3. The zero-order chi connectivity index (χ0) is 18.2. The van der Waals surface area contributed by atoms with Gasteiger partial charge in [-0.1, -0.05) is 42.5 Å². The van der Waals surface area contributed by atoms with E-state index in [1.807, 2.05) is 83.8 Å². The van der Waals surface area contributed by atoms with Crippen LogP contribution in [-0.2, 0) is 0 Å². The van der Waals surface area contributed by atoms with E-state index in [0.29, 0.717) is 5.56 Å². The minimum absolute atomic E-state index is 0.00756. The van der Waals surface area contributed by atoms with Crippen molar-refractivity contribution in [1.82, 2.24) is 4.98 Å². The van der Waals surface area contributed by atoms with Crippen LogP contribution in [0.2, 0.25) is 0 Å². The summed E-state index contributed by atoms with van der Waals surface area (Å²) in [6, 6.07) is 27.5. The second kappa shape index (κ2) is 6.25. The predicted molar refractivity (Wildman–Crippen MR) is 108 cm³/mol. The molecule has 2 heterocycles. The highest BCUT2D eigenvalue weighted by atomic mass is 16.2. The van der Waals surface area contributed by atoms with E-state index in [0.717, 1.165) is 27.8 Å². The van der Waals surface area contributed by atoms with E-state index in [2.05, 4.69) is 16.4 Å². The van der Waals surface area contributed by atoms with Gasteiger partial charge in [0.05, 0.1) is 11.1 Å². The van der Waals surface area contributed by atoms with Crippen LogP contribution in [0.3, 0.4) is 0 Å². The van der Waals surface area contributed by atoms with Crippen LogP contribution in [-0.4, -0.2) is 10.9 Å². The number of nitrogens with one attached hydrogen (secondary N) is 1. The van der Waals surface area contributed by atoms with E-state index >= 15 is 0 Å². The van der Waals surface area contributed by atoms with Gasteiger partial charge in [0.2, 0.25) is 0 Å². The molecule has 4 heteroatoms. The molecule has 0 spiro atoms. The molecule has 0 fully saturated rings. The number of rotatable bonds is 2. The zero-order valence-corrected chi connectivity index (χ0v) is 14.5. The average molecular weight is 351 g/mol. The van der Waals surface area contributed by atoms with Gasteiger partial charge in [-0.15, -0.1) is 0 Å². The number of benzene rings is 3. The molecule has 1 aromatic heterocycles. The molecule has 0 radical (unpaired) electrons. The molecule has 4 aromatic rings. The first-order valence-corrected chi connectivity index (χ1v) is 8.90. The van der Waals surface area contributed by atoms with E-state index in [1.54, 1.807) is 6.20 Å². The standard InChI is InChI=1S/C23H17N3O/c27-23-19-10-4-5-11-21(19)25-22(26(23)18-8-2-1-3-9-18)17-12-13-20-16(15-17)7-6-14-24-20/h1-15,22,25H. The van der Waals surface area contributed by atoms with Gasteiger partial charge in [-0.3, -0.25) is 14.7 Å². The third-order valence-electron chi connectivity index (χ3n) is 4.90. The van der Waals surface area contributed by atoms with Crippen LogP contribution in [0.15, 0.2) is 91.1 Å². The number of carbonyl (C=O) groups excluding carboxylic acids is 1. The van der Waals surface area contributed by atoms with E-state index in [9.17, 15) is 4.79 Å². The van der Waals surface area contributed by atoms with Crippen molar-refractivity contribution in [3.63, 3.8) is 0 Å². The van der Waals surface area contributed by atoms with Crippen LogP contribution in [0, 0.1) is 0 Å². The van der Waals surface area contributed by atoms with Gasteiger partial charge in [0.1, 0.15) is 6.17 Å². The Morgan fingerprint density at radius 2 is 1.67 bits per heavy atom. The van der Waals surface area contributed by atoms with E-state index in [4.69, 9.17) is 0 Å². The van der Waals surface area contributed by atoms with Gasteiger partial charge in [0.25, 0.3) is 5.91 Å². The Hall–Kier alpha value is -3.66. The molecule has 1 unspecified atom stereocenters. The van der Waals surface area contributed by atoms with Crippen molar-refractivity contribution < 1.29 is 4.79 Å². The van der Waals surface area contributed by atoms with Gasteiger partial charge >= 0.3 is 0 Å². The summed E-state index contributed by atoms with van der Waals surface area (Å²) in [5.74, 6) is -0.00756. The van der Waals surface area contributed by atoms with Crippen molar-refractivity contribution in [2.24, 2.45) is 0 Å². The highest BCUT2D eigenvalue weighted by Crippen LogP contribution is 2.37. The molecule has 0 aliphatic carbocycles. The highest BCUT2D eigenvalue weighted by molar-refractivity contribution is 6.12. The summed E-state index contributed by atoms with van der Waals surface area (Å²) in [5, 5.41) is 4.59. The molecular weight excluding hydrogens is 334 g/mol. The number of anilines is 2. The summed E-state index contributed by atoms with van der Waals surface area (Å²) in [6.07, 6.45) is 1.50. The molecule has 0 saturated carbocycles. The number of hydrogen-bond donors (Lipinski definition) is 1. The van der Waals surface area contributed by atoms with Gasteiger partial charge < -0.3 is 5.32 Å². The van der Waals surface area contributed by atoms with E-state index < -0.39 is 0 Å². The predicted octanol–water partition coefficient (Wildman–Crippen LogP) is 5.01. The lowest BCUT2D eigenvalue weighted by molar-refractivity contribution is 0.0975. The number of para-hydroxylation sites is 2. The fraction of sp³-hybridized carbons (Fsp3) is 0.0435. The van der Waals surface area contributed by atoms with Gasteiger partial charge in [0.15, 0.2) is 0 Å². The highest BCUT2D eigenvalue weighted by Gasteiger charge is 2.33. The van der Waals surface area contributed by atoms with Crippen LogP contribution in [0.1, 0.15) is 22.1 Å². The Morgan fingerprint density at radius 3 is 2.56 bits per heavy atom. The molecule has 1 amide bonds. The Bertz CT molecular complexity index is 1140. The summed E-state index contributed by atoms with van der Waals surface area (Å²) in [6.45, 7) is 0. The number of aromatic nitrogens is 1. The topological polar surface area (TPSA) is 45.2 Å². The van der Waals surface area contributed by atoms with Crippen LogP contribution in [0.4, 0.5) is 11.4 Å². The van der Waals surface area contributed by atoms with Crippen molar-refractivity contribution in [3.8, 4) is 0 Å². The maximum absolute atomic E-state index is 13.3. The second-order valence-corrected chi connectivity index (χ2v) is 6.56. The van der Waals surface area contributed by atoms with Crippen molar-refractivity contribution >= 4 is 28.2 Å². The largest absolute Gasteiger partial charge is 0.360 e. The number of pyridine rings is 1. The Morgan fingerprint density at radius 1 is 0.852 bits per heavy atom. The molecule has 0 bridgehead atoms. The molecule has 1 aliphatic rings. The van der Waals surface area contributed by atoms with Gasteiger partial charge in [-0.25, -0.2) is 0 Å². The first kappa shape index (κ1) is 15.6. The Balaban J connectivity index is 1.68. The fourth-order valence-corrected chi connectivity index (χ4v) is 3.61. The zero-order valence-electron chi connectivity index (χ0n) is 14.5. The number of fused-ring (bicyclic) bond motifs is 2. The number of hydrogen-bond acceptors (Lipinski definition) is 3. The lowest BCUT2D eigenvalue weighted by atomic mass is 10.0. The molecule has 1 aliphatic heterocycles. The van der Waals surface area contributed by atoms with Crippen LogP contribution >= 0.6 is 0 Å². The van der Waals surface area contributed by atoms with Crippen LogP contribution in [0.5, 0.6) is 0 Å². The Kier molecular flexibility index (Phi) is 3.61. The average Bonchev–Trinajstić information content (AvgIpc) is 2.74. The van der Waals surface area contributed by atoms with Crippen molar-refractivity contribution in [1.29, 1.82) is 0 Å². The lowest BCUT2D eigenvalue weighted by Gasteiger charge is -2.38.